The van der Waals surface area contributed by atoms with E-state index in [9.17, 15) is 4.79 Å². The minimum absolute atomic E-state index is 0.00506. The summed E-state index contributed by atoms with van der Waals surface area (Å²) in [6.45, 7) is 7.33. The second-order valence-electron chi connectivity index (χ2n) is 9.33. The molecule has 1 unspecified atom stereocenters. The molecule has 30 heavy (non-hydrogen) atoms. The van der Waals surface area contributed by atoms with Gasteiger partial charge in [-0.25, -0.2) is 0 Å². The topological polar surface area (TPSA) is 26.3 Å². The molecule has 0 spiro atoms. The Bertz CT molecular complexity index is 375. The average Bonchev–Trinajstić information content (AvgIpc) is 2.74. The fraction of sp³-hybridized carbons (Fsp3) is 0.893. The van der Waals surface area contributed by atoms with E-state index in [2.05, 4.69) is 32.9 Å². The van der Waals surface area contributed by atoms with E-state index in [0.29, 0.717) is 18.9 Å². The minimum atomic E-state index is 0.00506. The molecule has 0 rings (SSSR count). The number of carbonyl (C=O) groups excluding carboxylic acids is 1. The Hall–Kier alpha value is -0.790. The smallest absolute Gasteiger partial charge is 0.305 e. The van der Waals surface area contributed by atoms with Crippen LogP contribution in [0.15, 0.2) is 12.2 Å². The zero-order valence-electron chi connectivity index (χ0n) is 20.9. The molecule has 0 N–H and O–H groups in total. The van der Waals surface area contributed by atoms with Gasteiger partial charge in [-0.2, -0.15) is 0 Å². The van der Waals surface area contributed by atoms with Crippen LogP contribution in [0.5, 0.6) is 0 Å². The molecule has 0 amide bonds. The largest absolute Gasteiger partial charge is 0.465 e. The van der Waals surface area contributed by atoms with Crippen molar-refractivity contribution in [3.63, 3.8) is 0 Å². The van der Waals surface area contributed by atoms with Crippen molar-refractivity contribution in [2.75, 3.05) is 6.61 Å². The van der Waals surface area contributed by atoms with Crippen molar-refractivity contribution in [2.45, 2.75) is 149 Å². The first-order valence-electron chi connectivity index (χ1n) is 13.5. The van der Waals surface area contributed by atoms with E-state index in [0.717, 1.165) is 12.8 Å². The predicted octanol–water partition coefficient (Wildman–Crippen LogP) is 9.56. The second-order valence-corrected chi connectivity index (χ2v) is 9.33. The van der Waals surface area contributed by atoms with Gasteiger partial charge in [0.2, 0.25) is 0 Å². The molecule has 0 aliphatic rings. The first kappa shape index (κ1) is 29.2. The normalized spacial score (nSPS) is 12.5. The molecule has 0 heterocycles. The number of rotatable bonds is 23. The maximum atomic E-state index is 11.9. The third kappa shape index (κ3) is 23.5. The minimum Gasteiger partial charge on any atom is -0.465 e. The van der Waals surface area contributed by atoms with Crippen LogP contribution < -0.4 is 0 Å². The molecular weight excluding hydrogens is 368 g/mol. The van der Waals surface area contributed by atoms with E-state index in [1.807, 2.05) is 0 Å². The van der Waals surface area contributed by atoms with Crippen LogP contribution in [-0.2, 0) is 9.53 Å². The quantitative estimate of drug-likeness (QED) is 0.0930. The molecule has 0 aromatic heterocycles. The third-order valence-electron chi connectivity index (χ3n) is 5.97. The highest BCUT2D eigenvalue weighted by Crippen LogP contribution is 2.13. The fourth-order valence-electron chi connectivity index (χ4n) is 3.83. The molecule has 178 valence electrons. The number of hydrogen-bond donors (Lipinski definition) is 0. The van der Waals surface area contributed by atoms with E-state index in [4.69, 9.17) is 4.74 Å². The highest BCUT2D eigenvalue weighted by atomic mass is 16.5. The number of esters is 1. The lowest BCUT2D eigenvalue weighted by Crippen LogP contribution is -2.11. The van der Waals surface area contributed by atoms with Crippen molar-refractivity contribution in [3.8, 4) is 0 Å². The molecule has 0 aromatic carbocycles. The number of hydrogen-bond acceptors (Lipinski definition) is 2. The van der Waals surface area contributed by atoms with Gasteiger partial charge in [0.15, 0.2) is 0 Å². The number of unbranched alkanes of at least 4 members (excludes halogenated alkanes) is 15. The Balaban J connectivity index is 3.31. The van der Waals surface area contributed by atoms with Crippen LogP contribution in [0.3, 0.4) is 0 Å². The first-order chi connectivity index (χ1) is 14.7. The van der Waals surface area contributed by atoms with Crippen LogP contribution in [0.1, 0.15) is 149 Å². The summed E-state index contributed by atoms with van der Waals surface area (Å²) in [5.74, 6) is 0.509. The standard InChI is InChI=1S/C28H54O2/c1-4-6-8-10-11-12-13-14-15-16-17-18-19-21-23-25-28(29)30-26-27(3)24-22-20-9-7-5-2/h14-15,27H,4-13,16-26H2,1-3H3/b15-14-. The molecule has 0 fully saturated rings. The molecule has 0 bridgehead atoms. The lowest BCUT2D eigenvalue weighted by Gasteiger charge is -2.12. The monoisotopic (exact) mass is 422 g/mol. The maximum absolute atomic E-state index is 11.9. The Morgan fingerprint density at radius 1 is 0.667 bits per heavy atom. The second kappa shape index (κ2) is 24.5. The summed E-state index contributed by atoms with van der Waals surface area (Å²) in [6, 6.07) is 0. The van der Waals surface area contributed by atoms with E-state index in [1.165, 1.54) is 109 Å². The van der Waals surface area contributed by atoms with Gasteiger partial charge >= 0.3 is 5.97 Å². The van der Waals surface area contributed by atoms with Gasteiger partial charge in [0.25, 0.3) is 0 Å². The summed E-state index contributed by atoms with van der Waals surface area (Å²) >= 11 is 0. The molecule has 0 aliphatic heterocycles. The highest BCUT2D eigenvalue weighted by molar-refractivity contribution is 5.69. The summed E-state index contributed by atoms with van der Waals surface area (Å²) in [5.41, 5.74) is 0. The maximum Gasteiger partial charge on any atom is 0.305 e. The average molecular weight is 423 g/mol. The first-order valence-corrected chi connectivity index (χ1v) is 13.5. The van der Waals surface area contributed by atoms with Gasteiger partial charge in [-0.05, 0) is 44.4 Å². The molecule has 0 radical (unpaired) electrons. The van der Waals surface area contributed by atoms with Crippen LogP contribution in [0, 0.1) is 5.92 Å². The summed E-state index contributed by atoms with van der Waals surface area (Å²) in [7, 11) is 0. The van der Waals surface area contributed by atoms with Gasteiger partial charge in [-0.1, -0.05) is 116 Å². The SMILES string of the molecule is CCCCCCCC/C=C\CCCCCCCC(=O)OCC(C)CCCCCCC. The molecule has 1 atom stereocenters. The Morgan fingerprint density at radius 3 is 1.70 bits per heavy atom. The zero-order valence-corrected chi connectivity index (χ0v) is 20.9. The Morgan fingerprint density at radius 2 is 1.13 bits per heavy atom. The van der Waals surface area contributed by atoms with Crippen molar-refractivity contribution < 1.29 is 9.53 Å². The fourth-order valence-corrected chi connectivity index (χ4v) is 3.83. The Labute approximate surface area is 189 Å². The number of allylic oxidation sites excluding steroid dienone is 2. The summed E-state index contributed by atoms with van der Waals surface area (Å²) in [5, 5.41) is 0. The lowest BCUT2D eigenvalue weighted by atomic mass is 10.0. The van der Waals surface area contributed by atoms with Gasteiger partial charge in [0.05, 0.1) is 6.61 Å². The van der Waals surface area contributed by atoms with Crippen molar-refractivity contribution in [2.24, 2.45) is 5.92 Å². The van der Waals surface area contributed by atoms with Gasteiger partial charge in [-0.3, -0.25) is 4.79 Å². The highest BCUT2D eigenvalue weighted by Gasteiger charge is 2.07. The number of carbonyl (C=O) groups is 1. The summed E-state index contributed by atoms with van der Waals surface area (Å²) in [6.07, 6.45) is 29.8. The van der Waals surface area contributed by atoms with Gasteiger partial charge in [0, 0.05) is 6.42 Å². The summed E-state index contributed by atoms with van der Waals surface area (Å²) in [4.78, 5) is 11.9. The Kier molecular flexibility index (Phi) is 23.8. The van der Waals surface area contributed by atoms with Crippen LogP contribution in [0.4, 0.5) is 0 Å². The molecule has 0 aromatic rings. The van der Waals surface area contributed by atoms with Gasteiger partial charge in [-0.15, -0.1) is 0 Å². The summed E-state index contributed by atoms with van der Waals surface area (Å²) < 4.78 is 5.45. The molecule has 0 saturated carbocycles. The van der Waals surface area contributed by atoms with E-state index in [-0.39, 0.29) is 5.97 Å². The van der Waals surface area contributed by atoms with Crippen molar-refractivity contribution in [1.82, 2.24) is 0 Å². The van der Waals surface area contributed by atoms with Crippen molar-refractivity contribution in [3.05, 3.63) is 12.2 Å². The number of ether oxygens (including phenoxy) is 1. The van der Waals surface area contributed by atoms with E-state index in [1.54, 1.807) is 0 Å². The van der Waals surface area contributed by atoms with Crippen molar-refractivity contribution in [1.29, 1.82) is 0 Å². The van der Waals surface area contributed by atoms with Gasteiger partial charge < -0.3 is 4.74 Å². The predicted molar refractivity (Wildman–Crippen MR) is 133 cm³/mol. The molecule has 0 saturated heterocycles. The molecule has 0 aliphatic carbocycles. The van der Waals surface area contributed by atoms with Crippen molar-refractivity contribution >= 4 is 5.97 Å². The van der Waals surface area contributed by atoms with Crippen LogP contribution in [0.25, 0.3) is 0 Å². The van der Waals surface area contributed by atoms with Crippen LogP contribution >= 0.6 is 0 Å². The van der Waals surface area contributed by atoms with E-state index < -0.39 is 0 Å². The molecule has 2 nitrogen and oxygen atoms in total. The lowest BCUT2D eigenvalue weighted by molar-refractivity contribution is -0.145. The third-order valence-corrected chi connectivity index (χ3v) is 5.97. The van der Waals surface area contributed by atoms with Crippen LogP contribution in [-0.4, -0.2) is 12.6 Å². The zero-order chi connectivity index (χ0) is 22.1. The van der Waals surface area contributed by atoms with E-state index >= 15 is 0 Å². The van der Waals surface area contributed by atoms with Crippen LogP contribution in [0.2, 0.25) is 0 Å². The molecule has 2 heteroatoms. The molecular formula is C28H54O2. The van der Waals surface area contributed by atoms with Gasteiger partial charge in [0.1, 0.15) is 0 Å².